The minimum atomic E-state index is -3.65. The van der Waals surface area contributed by atoms with Crippen LogP contribution in [0.1, 0.15) is 11.1 Å². The van der Waals surface area contributed by atoms with Crippen molar-refractivity contribution in [1.82, 2.24) is 14.6 Å². The van der Waals surface area contributed by atoms with E-state index in [9.17, 15) is 8.42 Å². The molecular formula is C14H14N4O2S. The molecule has 0 atom stereocenters. The maximum Gasteiger partial charge on any atom is 0.262 e. The number of anilines is 1. The molecule has 0 fully saturated rings. The number of rotatable bonds is 3. The number of hydrogen-bond acceptors (Lipinski definition) is 4. The lowest BCUT2D eigenvalue weighted by Gasteiger charge is -2.11. The Bertz CT molecular complexity index is 916. The van der Waals surface area contributed by atoms with Crippen molar-refractivity contribution in [1.29, 1.82) is 0 Å². The summed E-state index contributed by atoms with van der Waals surface area (Å²) in [7, 11) is -3.65. The van der Waals surface area contributed by atoms with Gasteiger partial charge in [0, 0.05) is 6.07 Å². The molecule has 0 saturated heterocycles. The van der Waals surface area contributed by atoms with Crippen molar-refractivity contribution >= 4 is 21.4 Å². The van der Waals surface area contributed by atoms with E-state index in [1.54, 1.807) is 37.5 Å². The molecule has 0 aliphatic carbocycles. The largest absolute Gasteiger partial charge is 0.276 e. The molecule has 0 radical (unpaired) electrons. The molecule has 1 aromatic carbocycles. The van der Waals surface area contributed by atoms with Crippen molar-refractivity contribution in [3.8, 4) is 0 Å². The smallest absolute Gasteiger partial charge is 0.262 e. The van der Waals surface area contributed by atoms with Gasteiger partial charge in [0.05, 0.1) is 29.2 Å². The molecule has 0 unspecified atom stereocenters. The van der Waals surface area contributed by atoms with Crippen molar-refractivity contribution < 1.29 is 8.42 Å². The van der Waals surface area contributed by atoms with Crippen molar-refractivity contribution in [2.45, 2.75) is 18.7 Å². The van der Waals surface area contributed by atoms with Crippen molar-refractivity contribution in [3.05, 3.63) is 54.0 Å². The average molecular weight is 302 g/mol. The van der Waals surface area contributed by atoms with E-state index in [2.05, 4.69) is 14.8 Å². The summed E-state index contributed by atoms with van der Waals surface area (Å²) in [6.45, 7) is 3.62. The fourth-order valence-corrected chi connectivity index (χ4v) is 3.43. The molecule has 21 heavy (non-hydrogen) atoms. The second-order valence-corrected chi connectivity index (χ2v) is 6.50. The Morgan fingerprint density at radius 2 is 2.00 bits per heavy atom. The Labute approximate surface area is 122 Å². The molecule has 2 heterocycles. The van der Waals surface area contributed by atoms with E-state index in [0.29, 0.717) is 16.9 Å². The number of fused-ring (bicyclic) bond motifs is 1. The molecule has 7 heteroatoms. The molecule has 0 spiro atoms. The second-order valence-electron chi connectivity index (χ2n) is 4.85. The van der Waals surface area contributed by atoms with E-state index >= 15 is 0 Å². The lowest BCUT2D eigenvalue weighted by molar-refractivity contribution is 0.600. The molecular weight excluding hydrogens is 288 g/mol. The van der Waals surface area contributed by atoms with Gasteiger partial charge in [-0.3, -0.25) is 4.72 Å². The Balaban J connectivity index is 2.00. The number of aryl methyl sites for hydroxylation is 2. The number of benzene rings is 1. The molecule has 0 aliphatic heterocycles. The van der Waals surface area contributed by atoms with Gasteiger partial charge in [0.15, 0.2) is 5.65 Å². The lowest BCUT2D eigenvalue weighted by Crippen LogP contribution is -2.15. The summed E-state index contributed by atoms with van der Waals surface area (Å²) in [5, 5.41) is 4.03. The third-order valence-electron chi connectivity index (χ3n) is 3.13. The highest BCUT2D eigenvalue weighted by molar-refractivity contribution is 7.92. The lowest BCUT2D eigenvalue weighted by atomic mass is 10.2. The minimum absolute atomic E-state index is 0.267. The van der Waals surface area contributed by atoms with Crippen molar-refractivity contribution in [2.75, 3.05) is 4.72 Å². The molecule has 0 amide bonds. The van der Waals surface area contributed by atoms with E-state index in [4.69, 9.17) is 0 Å². The van der Waals surface area contributed by atoms with Crippen LogP contribution in [-0.2, 0) is 10.0 Å². The molecule has 0 bridgehead atoms. The van der Waals surface area contributed by atoms with Gasteiger partial charge in [-0.15, -0.1) is 0 Å². The first-order valence-electron chi connectivity index (χ1n) is 6.35. The third-order valence-corrected chi connectivity index (χ3v) is 4.66. The van der Waals surface area contributed by atoms with Gasteiger partial charge in [0.25, 0.3) is 10.0 Å². The second kappa shape index (κ2) is 4.85. The third kappa shape index (κ3) is 2.59. The fourth-order valence-electron chi connectivity index (χ4n) is 2.07. The van der Waals surface area contributed by atoms with E-state index in [1.807, 2.05) is 13.0 Å². The highest BCUT2D eigenvalue weighted by Crippen LogP contribution is 2.20. The summed E-state index contributed by atoms with van der Waals surface area (Å²) in [6.07, 6.45) is 4.66. The number of hydrogen-bond donors (Lipinski definition) is 1. The highest BCUT2D eigenvalue weighted by atomic mass is 32.2. The molecule has 3 rings (SSSR count). The SMILES string of the molecule is Cc1ccc(C)c(S(=O)(=O)Nc2cnc3ccnn3c2)c1. The van der Waals surface area contributed by atoms with Gasteiger partial charge >= 0.3 is 0 Å². The molecule has 1 N–H and O–H groups in total. The van der Waals surface area contributed by atoms with Crippen LogP contribution in [0, 0.1) is 13.8 Å². The van der Waals surface area contributed by atoms with Crippen LogP contribution < -0.4 is 4.72 Å². The van der Waals surface area contributed by atoms with Crippen LogP contribution >= 0.6 is 0 Å². The van der Waals surface area contributed by atoms with Gasteiger partial charge in [-0.1, -0.05) is 12.1 Å². The maximum atomic E-state index is 12.5. The van der Waals surface area contributed by atoms with Crippen LogP contribution in [0.5, 0.6) is 0 Å². The number of nitrogens with one attached hydrogen (secondary N) is 1. The highest BCUT2D eigenvalue weighted by Gasteiger charge is 2.17. The monoisotopic (exact) mass is 302 g/mol. The van der Waals surface area contributed by atoms with Crippen LogP contribution in [0.15, 0.2) is 47.8 Å². The van der Waals surface area contributed by atoms with Crippen molar-refractivity contribution in [2.24, 2.45) is 0 Å². The van der Waals surface area contributed by atoms with E-state index in [0.717, 1.165) is 5.56 Å². The van der Waals surface area contributed by atoms with E-state index < -0.39 is 10.0 Å². The Hall–Kier alpha value is -2.41. The summed E-state index contributed by atoms with van der Waals surface area (Å²) in [5.74, 6) is 0. The standard InChI is InChI=1S/C14H14N4O2S/c1-10-3-4-11(2)13(7-10)21(19,20)17-12-8-15-14-5-6-16-18(14)9-12/h3-9,17H,1-2H3. The summed E-state index contributed by atoms with van der Waals surface area (Å²) < 4.78 is 29.0. The molecule has 2 aromatic heterocycles. The van der Waals surface area contributed by atoms with Crippen LogP contribution in [0.2, 0.25) is 0 Å². The summed E-state index contributed by atoms with van der Waals surface area (Å²) in [6, 6.07) is 7.06. The van der Waals surface area contributed by atoms with Crippen LogP contribution in [0.4, 0.5) is 5.69 Å². The predicted molar refractivity (Wildman–Crippen MR) is 79.7 cm³/mol. The zero-order chi connectivity index (χ0) is 15.0. The zero-order valence-electron chi connectivity index (χ0n) is 11.6. The van der Waals surface area contributed by atoms with Crippen LogP contribution in [0.3, 0.4) is 0 Å². The van der Waals surface area contributed by atoms with Gasteiger partial charge in [-0.2, -0.15) is 5.10 Å². The molecule has 3 aromatic rings. The summed E-state index contributed by atoms with van der Waals surface area (Å²) >= 11 is 0. The first-order chi connectivity index (χ1) is 9.95. The topological polar surface area (TPSA) is 76.4 Å². The van der Waals surface area contributed by atoms with Gasteiger partial charge in [0.2, 0.25) is 0 Å². The van der Waals surface area contributed by atoms with E-state index in [1.165, 1.54) is 10.7 Å². The quantitative estimate of drug-likeness (QED) is 0.804. The molecule has 6 nitrogen and oxygen atoms in total. The Morgan fingerprint density at radius 1 is 1.19 bits per heavy atom. The normalized spacial score (nSPS) is 11.7. The molecule has 108 valence electrons. The maximum absolute atomic E-state index is 12.5. The number of aromatic nitrogens is 3. The van der Waals surface area contributed by atoms with Gasteiger partial charge in [0.1, 0.15) is 0 Å². The minimum Gasteiger partial charge on any atom is -0.276 e. The number of nitrogens with zero attached hydrogens (tertiary/aromatic N) is 3. The van der Waals surface area contributed by atoms with Gasteiger partial charge in [-0.25, -0.2) is 17.9 Å². The van der Waals surface area contributed by atoms with Gasteiger partial charge < -0.3 is 0 Å². The molecule has 0 saturated carbocycles. The van der Waals surface area contributed by atoms with Gasteiger partial charge in [-0.05, 0) is 31.0 Å². The number of sulfonamides is 1. The summed E-state index contributed by atoms with van der Waals surface area (Å²) in [4.78, 5) is 4.40. The Kier molecular flexibility index (Phi) is 3.13. The van der Waals surface area contributed by atoms with E-state index in [-0.39, 0.29) is 4.90 Å². The zero-order valence-corrected chi connectivity index (χ0v) is 12.4. The Morgan fingerprint density at radius 3 is 2.81 bits per heavy atom. The first kappa shape index (κ1) is 13.6. The summed E-state index contributed by atoms with van der Waals surface area (Å²) in [5.41, 5.74) is 2.61. The fraction of sp³-hybridized carbons (Fsp3) is 0.143. The predicted octanol–water partition coefficient (Wildman–Crippen LogP) is 2.15. The first-order valence-corrected chi connectivity index (χ1v) is 7.83. The molecule has 0 aliphatic rings. The van der Waals surface area contributed by atoms with Crippen molar-refractivity contribution in [3.63, 3.8) is 0 Å². The van der Waals surface area contributed by atoms with Crippen LogP contribution in [0.25, 0.3) is 5.65 Å². The van der Waals surface area contributed by atoms with Crippen LogP contribution in [-0.4, -0.2) is 23.0 Å². The average Bonchev–Trinajstić information content (AvgIpc) is 2.88.